The zero-order chi connectivity index (χ0) is 26.3. The largest absolute Gasteiger partial charge is 0.423 e. The number of nitrogens with one attached hydrogen (secondary N) is 1. The van der Waals surface area contributed by atoms with Gasteiger partial charge in [0.05, 0.1) is 11.1 Å². The summed E-state index contributed by atoms with van der Waals surface area (Å²) in [6.07, 6.45) is 1.36. The van der Waals surface area contributed by atoms with Crippen LogP contribution in [0, 0.1) is 10.1 Å². The second kappa shape index (κ2) is 11.1. The number of amides is 1. The number of hydrogen-bond donors (Lipinski definition) is 2. The number of benzene rings is 4. The van der Waals surface area contributed by atoms with Crippen molar-refractivity contribution in [1.29, 1.82) is 0 Å². The van der Waals surface area contributed by atoms with Crippen LogP contribution < -0.4 is 10.2 Å². The molecular formula is C28H21N3O6. The summed E-state index contributed by atoms with van der Waals surface area (Å²) in [6.45, 7) is 0. The lowest BCUT2D eigenvalue weighted by molar-refractivity contribution is -0.385. The third-order valence-corrected chi connectivity index (χ3v) is 5.50. The second-order valence-corrected chi connectivity index (χ2v) is 7.87. The normalized spacial score (nSPS) is 11.2. The quantitative estimate of drug-likeness (QED) is 0.124. The summed E-state index contributed by atoms with van der Waals surface area (Å²) >= 11 is 0. The molecule has 0 radical (unpaired) electrons. The van der Waals surface area contributed by atoms with Crippen molar-refractivity contribution >= 4 is 23.8 Å². The van der Waals surface area contributed by atoms with E-state index < -0.39 is 22.4 Å². The molecule has 0 aliphatic rings. The van der Waals surface area contributed by atoms with E-state index in [1.54, 1.807) is 72.8 Å². The van der Waals surface area contributed by atoms with Gasteiger partial charge in [-0.25, -0.2) is 10.2 Å². The number of nitro benzene ring substituents is 1. The third kappa shape index (κ3) is 5.58. The van der Waals surface area contributed by atoms with Gasteiger partial charge in [0.15, 0.2) is 5.60 Å². The summed E-state index contributed by atoms with van der Waals surface area (Å²) in [7, 11) is 0. The summed E-state index contributed by atoms with van der Waals surface area (Å²) in [5.41, 5.74) is 1.25. The third-order valence-electron chi connectivity index (χ3n) is 5.50. The van der Waals surface area contributed by atoms with Crippen LogP contribution in [-0.4, -0.2) is 28.1 Å². The minimum Gasteiger partial charge on any atom is -0.423 e. The zero-order valence-corrected chi connectivity index (χ0v) is 19.4. The number of para-hydroxylation sites is 1. The van der Waals surface area contributed by atoms with Gasteiger partial charge in [0.25, 0.3) is 11.6 Å². The molecule has 37 heavy (non-hydrogen) atoms. The molecule has 184 valence electrons. The highest BCUT2D eigenvalue weighted by Crippen LogP contribution is 2.30. The van der Waals surface area contributed by atoms with Crippen LogP contribution in [0.5, 0.6) is 5.75 Å². The number of esters is 1. The minimum absolute atomic E-state index is 0.162. The maximum Gasteiger partial charge on any atom is 0.350 e. The van der Waals surface area contributed by atoms with Crippen LogP contribution >= 0.6 is 0 Å². The molecule has 9 nitrogen and oxygen atoms in total. The molecule has 9 heteroatoms. The Morgan fingerprint density at radius 3 is 1.95 bits per heavy atom. The molecule has 0 aromatic heterocycles. The Hall–Kier alpha value is -5.15. The van der Waals surface area contributed by atoms with Crippen molar-refractivity contribution in [3.8, 4) is 5.75 Å². The highest BCUT2D eigenvalue weighted by Gasteiger charge is 2.39. The Morgan fingerprint density at radius 2 is 1.38 bits per heavy atom. The summed E-state index contributed by atoms with van der Waals surface area (Å²) in [6, 6.07) is 28.7. The molecule has 0 aliphatic carbocycles. The minimum atomic E-state index is -1.96. The Kier molecular flexibility index (Phi) is 7.46. The molecule has 0 aliphatic heterocycles. The summed E-state index contributed by atoms with van der Waals surface area (Å²) in [5.74, 6) is -1.43. The summed E-state index contributed by atoms with van der Waals surface area (Å²) in [4.78, 5) is 35.9. The van der Waals surface area contributed by atoms with Crippen LogP contribution in [0.15, 0.2) is 114 Å². The lowest BCUT2D eigenvalue weighted by atomic mass is 9.85. The van der Waals surface area contributed by atoms with Gasteiger partial charge in [-0.05, 0) is 47.0 Å². The van der Waals surface area contributed by atoms with Gasteiger partial charge in [0.1, 0.15) is 11.3 Å². The van der Waals surface area contributed by atoms with Crippen molar-refractivity contribution in [3.63, 3.8) is 0 Å². The fraction of sp³-hybridized carbons (Fsp3) is 0.0357. The van der Waals surface area contributed by atoms with E-state index in [4.69, 9.17) is 4.74 Å². The van der Waals surface area contributed by atoms with Crippen molar-refractivity contribution in [2.75, 3.05) is 0 Å². The van der Waals surface area contributed by atoms with E-state index >= 15 is 0 Å². The monoisotopic (exact) mass is 495 g/mol. The highest BCUT2D eigenvalue weighted by molar-refractivity contribution is 5.95. The smallest absolute Gasteiger partial charge is 0.350 e. The molecule has 0 saturated heterocycles. The van der Waals surface area contributed by atoms with Crippen molar-refractivity contribution in [3.05, 3.63) is 142 Å². The molecule has 4 rings (SSSR count). The predicted octanol–water partition coefficient (Wildman–Crippen LogP) is 4.20. The van der Waals surface area contributed by atoms with Crippen molar-refractivity contribution in [1.82, 2.24) is 5.43 Å². The van der Waals surface area contributed by atoms with Crippen LogP contribution in [0.2, 0.25) is 0 Å². The number of aliphatic hydroxyl groups is 1. The van der Waals surface area contributed by atoms with E-state index in [-0.39, 0.29) is 17.0 Å². The average molecular weight is 495 g/mol. The second-order valence-electron chi connectivity index (χ2n) is 7.87. The predicted molar refractivity (Wildman–Crippen MR) is 136 cm³/mol. The van der Waals surface area contributed by atoms with E-state index in [9.17, 15) is 24.8 Å². The molecule has 0 spiro atoms. The standard InChI is InChI=1S/C28H21N3O6/c32-26(24-13-7-8-14-25(24)31(35)36)37-23-17-15-20(16-18-23)19-29-30-27(33)28(34,21-9-3-1-4-10-21)22-11-5-2-6-12-22/h1-19,34H,(H,30,33)/b29-19-. The van der Waals surface area contributed by atoms with Crippen LogP contribution in [0.3, 0.4) is 0 Å². The van der Waals surface area contributed by atoms with E-state index in [1.807, 2.05) is 0 Å². The van der Waals surface area contributed by atoms with Gasteiger partial charge in [-0.2, -0.15) is 5.10 Å². The molecule has 2 N–H and O–H groups in total. The first kappa shape index (κ1) is 25.0. The number of ether oxygens (including phenoxy) is 1. The Morgan fingerprint density at radius 1 is 0.838 bits per heavy atom. The molecule has 0 atom stereocenters. The molecule has 0 unspecified atom stereocenters. The Bertz CT molecular complexity index is 1400. The number of hydrogen-bond acceptors (Lipinski definition) is 7. The molecule has 0 fully saturated rings. The summed E-state index contributed by atoms with van der Waals surface area (Å²) < 4.78 is 5.24. The Labute approximate surface area is 211 Å². The highest BCUT2D eigenvalue weighted by atomic mass is 16.6. The Balaban J connectivity index is 1.45. The lowest BCUT2D eigenvalue weighted by Gasteiger charge is -2.27. The van der Waals surface area contributed by atoms with Gasteiger partial charge in [-0.1, -0.05) is 72.8 Å². The van der Waals surface area contributed by atoms with Crippen LogP contribution in [0.1, 0.15) is 27.0 Å². The van der Waals surface area contributed by atoms with Gasteiger partial charge in [-0.15, -0.1) is 0 Å². The van der Waals surface area contributed by atoms with Crippen molar-refractivity contribution < 1.29 is 24.4 Å². The van der Waals surface area contributed by atoms with Gasteiger partial charge in [0, 0.05) is 6.07 Å². The molecule has 1 amide bonds. The number of carbonyl (C=O) groups excluding carboxylic acids is 2. The van der Waals surface area contributed by atoms with Gasteiger partial charge in [0.2, 0.25) is 0 Å². The number of hydrazone groups is 1. The lowest BCUT2D eigenvalue weighted by Crippen LogP contribution is -2.43. The van der Waals surface area contributed by atoms with Crippen molar-refractivity contribution in [2.24, 2.45) is 5.10 Å². The maximum atomic E-state index is 13.1. The molecule has 0 saturated carbocycles. The number of nitro groups is 1. The first-order valence-electron chi connectivity index (χ1n) is 11.1. The first-order valence-corrected chi connectivity index (χ1v) is 11.1. The van der Waals surface area contributed by atoms with Crippen LogP contribution in [-0.2, 0) is 10.4 Å². The fourth-order valence-corrected chi connectivity index (χ4v) is 3.62. The number of nitrogens with zero attached hydrogens (tertiary/aromatic N) is 2. The van der Waals surface area contributed by atoms with Crippen molar-refractivity contribution in [2.45, 2.75) is 5.60 Å². The number of carbonyl (C=O) groups is 2. The van der Waals surface area contributed by atoms with Crippen LogP contribution in [0.25, 0.3) is 0 Å². The van der Waals surface area contributed by atoms with E-state index in [2.05, 4.69) is 10.5 Å². The van der Waals surface area contributed by atoms with Gasteiger partial charge in [-0.3, -0.25) is 14.9 Å². The average Bonchev–Trinajstić information content (AvgIpc) is 2.94. The first-order chi connectivity index (χ1) is 17.9. The van der Waals surface area contributed by atoms with Gasteiger partial charge < -0.3 is 9.84 Å². The van der Waals surface area contributed by atoms with E-state index in [0.29, 0.717) is 16.7 Å². The van der Waals surface area contributed by atoms with Gasteiger partial charge >= 0.3 is 5.97 Å². The van der Waals surface area contributed by atoms with Crippen LogP contribution in [0.4, 0.5) is 5.69 Å². The molecule has 0 heterocycles. The maximum absolute atomic E-state index is 13.1. The SMILES string of the molecule is O=C(Oc1ccc(/C=N\NC(=O)C(O)(c2ccccc2)c2ccccc2)cc1)c1ccccc1[N+](=O)[O-]. The van der Waals surface area contributed by atoms with E-state index in [0.717, 1.165) is 0 Å². The molecule has 4 aromatic carbocycles. The summed E-state index contributed by atoms with van der Waals surface area (Å²) in [5, 5.41) is 26.5. The van der Waals surface area contributed by atoms with E-state index in [1.165, 1.54) is 42.6 Å². The number of rotatable bonds is 8. The molecular weight excluding hydrogens is 474 g/mol. The molecule has 4 aromatic rings. The topological polar surface area (TPSA) is 131 Å². The molecule has 0 bridgehead atoms. The fourth-order valence-electron chi connectivity index (χ4n) is 3.62. The zero-order valence-electron chi connectivity index (χ0n) is 19.4.